The fourth-order valence-electron chi connectivity index (χ4n) is 5.73. The van der Waals surface area contributed by atoms with Crippen LogP contribution in [0.15, 0.2) is 18.2 Å². The Morgan fingerprint density at radius 1 is 0.897 bits per heavy atom. The molecule has 3 aliphatic heterocycles. The molecule has 218 valence electrons. The van der Waals surface area contributed by atoms with Gasteiger partial charge in [-0.3, -0.25) is 9.69 Å². The summed E-state index contributed by atoms with van der Waals surface area (Å²) in [4.78, 5) is 31.2. The van der Waals surface area contributed by atoms with Gasteiger partial charge in [-0.15, -0.1) is 0 Å². The van der Waals surface area contributed by atoms with E-state index in [2.05, 4.69) is 46.6 Å². The van der Waals surface area contributed by atoms with Crippen molar-refractivity contribution in [1.29, 1.82) is 0 Å². The molecule has 0 aromatic heterocycles. The second-order valence-electron chi connectivity index (χ2n) is 11.0. The van der Waals surface area contributed by atoms with Gasteiger partial charge < -0.3 is 19.4 Å². The summed E-state index contributed by atoms with van der Waals surface area (Å²) in [6, 6.07) is 6.39. The highest BCUT2D eigenvalue weighted by Crippen LogP contribution is 2.38. The molecule has 0 N–H and O–H groups in total. The Kier molecular flexibility index (Phi) is 8.30. The van der Waals surface area contributed by atoms with Gasteiger partial charge in [-0.1, -0.05) is 26.0 Å². The first-order chi connectivity index (χ1) is 18.1. The van der Waals surface area contributed by atoms with Crippen LogP contribution < -0.4 is 4.90 Å². The molecular weight excluding hydrogens is 530 g/mol. The van der Waals surface area contributed by atoms with Crippen molar-refractivity contribution in [2.24, 2.45) is 11.8 Å². The van der Waals surface area contributed by atoms with Crippen LogP contribution >= 0.6 is 0 Å². The molecule has 0 spiro atoms. The highest BCUT2D eigenvalue weighted by molar-refractivity contribution is 5.73. The molecule has 3 aliphatic rings. The number of piperazine rings is 1. The number of alkyl halides is 6. The minimum Gasteiger partial charge on any atom is -0.426 e. The molecule has 3 heterocycles. The van der Waals surface area contributed by atoms with Gasteiger partial charge in [0.1, 0.15) is 0 Å². The van der Waals surface area contributed by atoms with Crippen molar-refractivity contribution in [3.8, 4) is 0 Å². The summed E-state index contributed by atoms with van der Waals surface area (Å²) in [5.74, 6) is 0.262. The highest BCUT2D eigenvalue weighted by Gasteiger charge is 2.60. The average molecular weight is 565 g/mol. The molecule has 7 nitrogen and oxygen atoms in total. The van der Waals surface area contributed by atoms with E-state index in [0.29, 0.717) is 51.7 Å². The van der Waals surface area contributed by atoms with E-state index >= 15 is 0 Å². The largest absolute Gasteiger partial charge is 0.434 e. The van der Waals surface area contributed by atoms with Crippen LogP contribution in [0.2, 0.25) is 0 Å². The number of hydrogen-bond acceptors (Lipinski definition) is 5. The molecular formula is C26H34F6N4O3. The van der Waals surface area contributed by atoms with Crippen LogP contribution in [-0.2, 0) is 16.1 Å². The van der Waals surface area contributed by atoms with Crippen molar-refractivity contribution in [3.05, 3.63) is 29.3 Å². The molecule has 2 atom stereocenters. The lowest BCUT2D eigenvalue weighted by Crippen LogP contribution is -2.48. The lowest BCUT2D eigenvalue weighted by molar-refractivity contribution is -0.308. The van der Waals surface area contributed by atoms with Crippen molar-refractivity contribution in [3.63, 3.8) is 0 Å². The van der Waals surface area contributed by atoms with E-state index in [4.69, 9.17) is 0 Å². The van der Waals surface area contributed by atoms with Gasteiger partial charge in [-0.2, -0.15) is 26.3 Å². The van der Waals surface area contributed by atoms with E-state index in [1.54, 1.807) is 6.92 Å². The summed E-state index contributed by atoms with van der Waals surface area (Å²) in [6.07, 6.45) is -17.2. The maximum Gasteiger partial charge on any atom is 0.434 e. The molecule has 3 saturated heterocycles. The van der Waals surface area contributed by atoms with Crippen molar-refractivity contribution in [2.45, 2.75) is 51.7 Å². The molecule has 3 fully saturated rings. The second-order valence-corrected chi connectivity index (χ2v) is 11.0. The van der Waals surface area contributed by atoms with Gasteiger partial charge in [0.25, 0.3) is 6.10 Å². The third kappa shape index (κ3) is 6.72. The number of halogens is 6. The minimum absolute atomic E-state index is 0.0502. The smallest absolute Gasteiger partial charge is 0.426 e. The maximum absolute atomic E-state index is 12.8. The Labute approximate surface area is 223 Å². The molecule has 2 amide bonds. The Morgan fingerprint density at radius 3 is 1.95 bits per heavy atom. The molecule has 39 heavy (non-hydrogen) atoms. The summed E-state index contributed by atoms with van der Waals surface area (Å²) in [5, 5.41) is 0. The lowest BCUT2D eigenvalue weighted by atomic mass is 9.99. The zero-order valence-electron chi connectivity index (χ0n) is 22.2. The van der Waals surface area contributed by atoms with E-state index < -0.39 is 24.5 Å². The number of carbonyl (C=O) groups is 2. The standard InChI is InChI=1S/C26H34F6N4O3/c1-16(2)18-4-5-19(22(10-18)35-8-6-34(7-9-35)17(3)37)11-33-12-20-14-36(15-21(20)13-33)24(38)39-23(25(27,28)29)26(30,31)32/h4-5,10,16,20-21,23H,6-9,11-15H2,1-3H3. The van der Waals surface area contributed by atoms with Gasteiger partial charge in [0.2, 0.25) is 5.91 Å². The number of ether oxygens (including phenoxy) is 1. The predicted molar refractivity (Wildman–Crippen MR) is 131 cm³/mol. The van der Waals surface area contributed by atoms with Gasteiger partial charge in [0, 0.05) is 71.5 Å². The first-order valence-electron chi connectivity index (χ1n) is 13.1. The first-order valence-corrected chi connectivity index (χ1v) is 13.1. The van der Waals surface area contributed by atoms with Crippen molar-refractivity contribution in [1.82, 2.24) is 14.7 Å². The zero-order valence-corrected chi connectivity index (χ0v) is 22.2. The summed E-state index contributed by atoms with van der Waals surface area (Å²) in [6.45, 7) is 10.4. The van der Waals surface area contributed by atoms with Crippen LogP contribution in [0.25, 0.3) is 0 Å². The number of fused-ring (bicyclic) bond motifs is 1. The van der Waals surface area contributed by atoms with Crippen LogP contribution in [0.3, 0.4) is 0 Å². The normalized spacial score (nSPS) is 22.7. The average Bonchev–Trinajstić information content (AvgIpc) is 3.40. The summed E-state index contributed by atoms with van der Waals surface area (Å²) < 4.78 is 80.7. The van der Waals surface area contributed by atoms with E-state index in [1.807, 2.05) is 4.90 Å². The lowest BCUT2D eigenvalue weighted by Gasteiger charge is -2.37. The van der Waals surface area contributed by atoms with Crippen molar-refractivity contribution >= 4 is 17.7 Å². The van der Waals surface area contributed by atoms with Crippen LogP contribution in [0.5, 0.6) is 0 Å². The number of hydrogen-bond donors (Lipinski definition) is 0. The van der Waals surface area contributed by atoms with Gasteiger partial charge in [0.05, 0.1) is 0 Å². The molecule has 2 unspecified atom stereocenters. The topological polar surface area (TPSA) is 56.3 Å². The van der Waals surface area contributed by atoms with Gasteiger partial charge >= 0.3 is 18.4 Å². The van der Waals surface area contributed by atoms with Crippen LogP contribution in [0, 0.1) is 11.8 Å². The first kappa shape index (κ1) is 29.3. The highest BCUT2D eigenvalue weighted by atomic mass is 19.4. The van der Waals surface area contributed by atoms with E-state index in [9.17, 15) is 35.9 Å². The number of benzene rings is 1. The molecule has 0 radical (unpaired) electrons. The van der Waals surface area contributed by atoms with Gasteiger partial charge in [-0.05, 0) is 34.9 Å². The zero-order chi connectivity index (χ0) is 28.7. The van der Waals surface area contributed by atoms with Crippen molar-refractivity contribution < 1.29 is 40.7 Å². The number of nitrogens with zero attached hydrogens (tertiary/aromatic N) is 4. The fraction of sp³-hybridized carbons (Fsp3) is 0.692. The number of likely N-dealkylation sites (tertiary alicyclic amines) is 2. The molecule has 0 aliphatic carbocycles. The summed E-state index contributed by atoms with van der Waals surface area (Å²) in [5.41, 5.74) is 3.42. The van der Waals surface area contributed by atoms with Gasteiger partial charge in [0.15, 0.2) is 0 Å². The predicted octanol–water partition coefficient (Wildman–Crippen LogP) is 4.47. The fourth-order valence-corrected chi connectivity index (χ4v) is 5.73. The number of amides is 2. The van der Waals surface area contributed by atoms with E-state index in [-0.39, 0.29) is 30.8 Å². The third-order valence-corrected chi connectivity index (χ3v) is 7.87. The minimum atomic E-state index is -5.73. The molecule has 4 rings (SSSR count). The molecule has 13 heteroatoms. The number of carbonyl (C=O) groups excluding carboxylic acids is 2. The Hall–Kier alpha value is -2.70. The monoisotopic (exact) mass is 564 g/mol. The van der Waals surface area contributed by atoms with Crippen LogP contribution in [0.4, 0.5) is 36.8 Å². The van der Waals surface area contributed by atoms with Crippen LogP contribution in [-0.4, -0.2) is 97.5 Å². The molecule has 0 bridgehead atoms. The van der Waals surface area contributed by atoms with E-state index in [0.717, 1.165) is 16.2 Å². The van der Waals surface area contributed by atoms with Crippen molar-refractivity contribution in [2.75, 3.05) is 57.3 Å². The molecule has 1 aromatic carbocycles. The Bertz CT molecular complexity index is 1030. The molecule has 0 saturated carbocycles. The number of anilines is 1. The second kappa shape index (κ2) is 11.1. The number of rotatable bonds is 5. The third-order valence-electron chi connectivity index (χ3n) is 7.87. The summed E-state index contributed by atoms with van der Waals surface area (Å²) >= 11 is 0. The SMILES string of the molecule is CC(=O)N1CCN(c2cc(C(C)C)ccc2CN2CC3CN(C(=O)OC(C(F)(F)F)C(F)(F)F)CC3C2)CC1. The Morgan fingerprint density at radius 2 is 1.46 bits per heavy atom. The maximum atomic E-state index is 12.8. The van der Waals surface area contributed by atoms with Gasteiger partial charge in [-0.25, -0.2) is 4.79 Å². The molecule has 1 aromatic rings. The summed E-state index contributed by atoms with van der Waals surface area (Å²) in [7, 11) is 0. The quantitative estimate of drug-likeness (QED) is 0.494. The van der Waals surface area contributed by atoms with E-state index in [1.165, 1.54) is 5.56 Å². The Balaban J connectivity index is 1.39. The van der Waals surface area contributed by atoms with Crippen LogP contribution in [0.1, 0.15) is 37.8 Å².